The minimum Gasteiger partial charge on any atom is -0.0805 e. The Hall–Kier alpha value is -0.0862. The maximum Gasteiger partial charge on any atom is 0.0792 e. The highest BCUT2D eigenvalue weighted by atomic mass is 28.3. The summed E-state index contributed by atoms with van der Waals surface area (Å²) in [5, 5.41) is 1.92. The molecule has 2 aliphatic carbocycles. The summed E-state index contributed by atoms with van der Waals surface area (Å²) in [5.41, 5.74) is 2.97. The summed E-state index contributed by atoms with van der Waals surface area (Å²) >= 11 is 0. The molecule has 0 aromatic carbocycles. The fourth-order valence-electron chi connectivity index (χ4n) is 6.65. The molecule has 0 aromatic heterocycles. The molecule has 0 spiro atoms. The molecule has 0 nitrogen and oxygen atoms in total. The van der Waals surface area contributed by atoms with Crippen LogP contribution >= 0.6 is 0 Å². The van der Waals surface area contributed by atoms with E-state index in [9.17, 15) is 0 Å². The average molecular weight is 333 g/mol. The van der Waals surface area contributed by atoms with E-state index < -0.39 is 16.1 Å². The van der Waals surface area contributed by atoms with Crippen LogP contribution in [-0.4, -0.2) is 16.1 Å². The first-order chi connectivity index (χ1) is 10.1. The molecule has 1 aliphatic heterocycles. The van der Waals surface area contributed by atoms with Crippen LogP contribution in [0.15, 0.2) is 23.4 Å². The van der Waals surface area contributed by atoms with E-state index in [4.69, 9.17) is 0 Å². The Morgan fingerprint density at radius 2 is 1.45 bits per heavy atom. The highest BCUT2D eigenvalue weighted by molar-refractivity contribution is 6.95. The van der Waals surface area contributed by atoms with E-state index in [0.29, 0.717) is 0 Å². The summed E-state index contributed by atoms with van der Waals surface area (Å²) in [6.45, 7) is 20.9. The van der Waals surface area contributed by atoms with Crippen molar-refractivity contribution >= 4 is 16.1 Å². The molecule has 0 radical (unpaired) electrons. The predicted molar refractivity (Wildman–Crippen MR) is 105 cm³/mol. The highest BCUT2D eigenvalue weighted by Crippen LogP contribution is 2.70. The largest absolute Gasteiger partial charge is 0.0805 e. The first-order valence-electron chi connectivity index (χ1n) is 9.49. The SMILES string of the molecule is CC(C)C1CC(C(C)C)C2C1[Si](C)(C)C1=CC=CC1[Si]2(C)C. The molecule has 124 valence electrons. The maximum absolute atomic E-state index is 2.72. The molecule has 22 heavy (non-hydrogen) atoms. The molecule has 1 heterocycles. The lowest BCUT2D eigenvalue weighted by molar-refractivity contribution is 0.338. The lowest BCUT2D eigenvalue weighted by atomic mass is 9.89. The minimum atomic E-state index is -1.32. The third-order valence-corrected chi connectivity index (χ3v) is 17.4. The highest BCUT2D eigenvalue weighted by Gasteiger charge is 2.64. The number of rotatable bonds is 2. The molecule has 0 amide bonds. The summed E-state index contributed by atoms with van der Waals surface area (Å²) in [7, 11) is -2.59. The van der Waals surface area contributed by atoms with Crippen LogP contribution in [-0.2, 0) is 0 Å². The van der Waals surface area contributed by atoms with Crippen molar-refractivity contribution in [3.63, 3.8) is 0 Å². The van der Waals surface area contributed by atoms with E-state index in [1.54, 1.807) is 0 Å². The molecule has 2 fully saturated rings. The number of fused-ring (bicyclic) bond motifs is 2. The van der Waals surface area contributed by atoms with Crippen molar-refractivity contribution < 1.29 is 0 Å². The molecule has 3 aliphatic rings. The monoisotopic (exact) mass is 332 g/mol. The van der Waals surface area contributed by atoms with Gasteiger partial charge in [0.25, 0.3) is 0 Å². The van der Waals surface area contributed by atoms with Crippen molar-refractivity contribution in [2.75, 3.05) is 0 Å². The fourth-order valence-corrected chi connectivity index (χ4v) is 20.7. The Morgan fingerprint density at radius 1 is 0.909 bits per heavy atom. The smallest absolute Gasteiger partial charge is 0.0792 e. The molecule has 5 atom stereocenters. The van der Waals surface area contributed by atoms with Crippen LogP contribution in [0.25, 0.3) is 0 Å². The minimum absolute atomic E-state index is 0.860. The van der Waals surface area contributed by atoms with Gasteiger partial charge in [-0.15, -0.1) is 0 Å². The van der Waals surface area contributed by atoms with E-state index in [-0.39, 0.29) is 0 Å². The van der Waals surface area contributed by atoms with Crippen molar-refractivity contribution in [2.24, 2.45) is 23.7 Å². The van der Waals surface area contributed by atoms with Crippen LogP contribution in [0.3, 0.4) is 0 Å². The van der Waals surface area contributed by atoms with Gasteiger partial charge in [-0.3, -0.25) is 0 Å². The normalized spacial score (nSPS) is 41.7. The third kappa shape index (κ3) is 2.12. The molecule has 0 aromatic rings. The summed E-state index contributed by atoms with van der Waals surface area (Å²) in [5.74, 6) is 3.69. The Labute approximate surface area is 140 Å². The molecule has 0 bridgehead atoms. The van der Waals surface area contributed by atoms with E-state index in [2.05, 4.69) is 72.1 Å². The van der Waals surface area contributed by atoms with Crippen LogP contribution in [0.2, 0.25) is 42.8 Å². The van der Waals surface area contributed by atoms with Crippen LogP contribution in [0.5, 0.6) is 0 Å². The second kappa shape index (κ2) is 5.21. The summed E-state index contributed by atoms with van der Waals surface area (Å²) < 4.78 is 0. The molecule has 1 saturated heterocycles. The molecule has 0 N–H and O–H groups in total. The van der Waals surface area contributed by atoms with Crippen LogP contribution in [0.4, 0.5) is 0 Å². The average Bonchev–Trinajstić information content (AvgIpc) is 3.03. The lowest BCUT2D eigenvalue weighted by Crippen LogP contribution is -2.56. The molecule has 2 heteroatoms. The van der Waals surface area contributed by atoms with Crippen molar-refractivity contribution in [3.8, 4) is 0 Å². The van der Waals surface area contributed by atoms with Gasteiger partial charge in [-0.05, 0) is 46.7 Å². The standard InChI is InChI=1S/C20H36Si2/c1-13(2)15-12-16(14(3)4)20-19(15)21(5,6)17-10-9-11-18(17)22(20,7)8/h9-11,13-17,19-20H,12H2,1-8H3. The maximum atomic E-state index is 2.72. The van der Waals surface area contributed by atoms with Crippen LogP contribution in [0.1, 0.15) is 34.1 Å². The number of allylic oxidation sites excluding steroid dienone is 4. The summed E-state index contributed by atoms with van der Waals surface area (Å²) in [6.07, 6.45) is 9.05. The van der Waals surface area contributed by atoms with Crippen molar-refractivity contribution in [1.82, 2.24) is 0 Å². The van der Waals surface area contributed by atoms with Crippen molar-refractivity contribution in [3.05, 3.63) is 23.4 Å². The van der Waals surface area contributed by atoms with E-state index in [0.717, 1.165) is 40.3 Å². The first kappa shape index (κ1) is 16.8. The van der Waals surface area contributed by atoms with Gasteiger partial charge in [0.2, 0.25) is 0 Å². The Bertz CT molecular complexity index is 510. The Balaban J connectivity index is 2.14. The topological polar surface area (TPSA) is 0 Å². The fraction of sp³-hybridized carbons (Fsp3) is 0.800. The lowest BCUT2D eigenvalue weighted by Gasteiger charge is -2.56. The van der Waals surface area contributed by atoms with Crippen LogP contribution in [0, 0.1) is 23.7 Å². The molecule has 5 unspecified atom stereocenters. The van der Waals surface area contributed by atoms with Crippen molar-refractivity contribution in [1.29, 1.82) is 0 Å². The van der Waals surface area contributed by atoms with Gasteiger partial charge < -0.3 is 0 Å². The third-order valence-electron chi connectivity index (χ3n) is 7.72. The van der Waals surface area contributed by atoms with Gasteiger partial charge >= 0.3 is 0 Å². The molecular formula is C20H36Si2. The van der Waals surface area contributed by atoms with Crippen molar-refractivity contribution in [2.45, 2.75) is 76.9 Å². The Morgan fingerprint density at radius 3 is 2.00 bits per heavy atom. The summed E-state index contributed by atoms with van der Waals surface area (Å²) in [6, 6.07) is 0. The molecule has 3 rings (SSSR count). The van der Waals surface area contributed by atoms with Gasteiger partial charge in [0.15, 0.2) is 0 Å². The Kier molecular flexibility index (Phi) is 3.97. The second-order valence-corrected chi connectivity index (χ2v) is 19.7. The van der Waals surface area contributed by atoms with Gasteiger partial charge in [-0.1, -0.05) is 77.3 Å². The molecular weight excluding hydrogens is 296 g/mol. The van der Waals surface area contributed by atoms with Gasteiger partial charge in [-0.25, -0.2) is 0 Å². The zero-order chi connectivity index (χ0) is 16.4. The van der Waals surface area contributed by atoms with Crippen LogP contribution < -0.4 is 0 Å². The number of hydrogen-bond acceptors (Lipinski definition) is 0. The summed E-state index contributed by atoms with van der Waals surface area (Å²) in [4.78, 5) is 0. The zero-order valence-corrected chi connectivity index (χ0v) is 18.0. The van der Waals surface area contributed by atoms with Gasteiger partial charge in [0.1, 0.15) is 0 Å². The zero-order valence-electron chi connectivity index (χ0n) is 16.0. The van der Waals surface area contributed by atoms with E-state index in [1.165, 1.54) is 6.42 Å². The predicted octanol–water partition coefficient (Wildman–Crippen LogP) is 6.51. The second-order valence-electron chi connectivity index (χ2n) is 10.1. The van der Waals surface area contributed by atoms with Gasteiger partial charge in [0, 0.05) is 0 Å². The van der Waals surface area contributed by atoms with Gasteiger partial charge in [-0.2, -0.15) is 0 Å². The quantitative estimate of drug-likeness (QED) is 0.505. The first-order valence-corrected chi connectivity index (χ1v) is 15.7. The van der Waals surface area contributed by atoms with E-state index >= 15 is 0 Å². The number of hydrogen-bond donors (Lipinski definition) is 0. The van der Waals surface area contributed by atoms with Gasteiger partial charge in [0.05, 0.1) is 16.1 Å². The van der Waals surface area contributed by atoms with E-state index in [1.807, 2.05) is 5.20 Å². The molecule has 1 saturated carbocycles.